The first-order valence-electron chi connectivity index (χ1n) is 12.1. The van der Waals surface area contributed by atoms with Crippen molar-refractivity contribution in [3.63, 3.8) is 0 Å². The smallest absolute Gasteiger partial charge is 0.280 e. The van der Waals surface area contributed by atoms with E-state index in [-0.39, 0.29) is 11.5 Å². The van der Waals surface area contributed by atoms with Crippen LogP contribution in [-0.4, -0.2) is 36.3 Å². The first-order chi connectivity index (χ1) is 18.0. The summed E-state index contributed by atoms with van der Waals surface area (Å²) < 4.78 is 5.13. The number of amides is 1. The van der Waals surface area contributed by atoms with Gasteiger partial charge < -0.3 is 9.88 Å². The number of aromatic nitrogens is 5. The van der Waals surface area contributed by atoms with Crippen molar-refractivity contribution in [2.45, 2.75) is 37.8 Å². The molecule has 1 N–H and O–H groups in total. The Hall–Kier alpha value is -4.11. The zero-order chi connectivity index (χ0) is 25.8. The highest BCUT2D eigenvalue weighted by atomic mass is 32.2. The zero-order valence-corrected chi connectivity index (χ0v) is 21.6. The largest absolute Gasteiger partial charge is 0.352 e. The van der Waals surface area contributed by atoms with Crippen LogP contribution in [0.1, 0.15) is 24.1 Å². The molecule has 3 heterocycles. The number of fused-ring (bicyclic) bond motifs is 1. The molecule has 0 aliphatic rings. The summed E-state index contributed by atoms with van der Waals surface area (Å²) in [6.07, 6.45) is 6.64. The first-order valence-corrected chi connectivity index (χ1v) is 13.4. The fourth-order valence-corrected chi connectivity index (χ4v) is 4.71. The lowest BCUT2D eigenvalue weighted by Gasteiger charge is -2.10. The number of para-hydroxylation sites is 1. The van der Waals surface area contributed by atoms with Gasteiger partial charge in [0, 0.05) is 36.8 Å². The van der Waals surface area contributed by atoms with Gasteiger partial charge >= 0.3 is 0 Å². The van der Waals surface area contributed by atoms with E-state index in [9.17, 15) is 9.59 Å². The van der Waals surface area contributed by atoms with E-state index in [1.54, 1.807) is 16.4 Å². The molecule has 0 radical (unpaired) electrons. The second kappa shape index (κ2) is 10.9. The molecule has 1 amide bonds. The minimum atomic E-state index is -0.222. The lowest BCUT2D eigenvalue weighted by molar-refractivity contribution is -0.121. The second-order valence-electron chi connectivity index (χ2n) is 8.73. The molecule has 0 aliphatic heterocycles. The van der Waals surface area contributed by atoms with Crippen LogP contribution in [0.15, 0.2) is 88.8 Å². The number of hydrogen-bond acceptors (Lipinski definition) is 5. The Morgan fingerprint density at radius 2 is 1.70 bits per heavy atom. The number of thioether (sulfide) groups is 1. The van der Waals surface area contributed by atoms with Crippen LogP contribution in [0.3, 0.4) is 0 Å². The van der Waals surface area contributed by atoms with E-state index in [1.165, 1.54) is 9.58 Å². The van der Waals surface area contributed by atoms with Crippen LogP contribution >= 0.6 is 11.8 Å². The maximum Gasteiger partial charge on any atom is 0.280 e. The molecule has 0 saturated carbocycles. The molecular weight excluding hydrogens is 484 g/mol. The molecule has 0 spiro atoms. The van der Waals surface area contributed by atoms with E-state index in [2.05, 4.69) is 10.4 Å². The molecule has 0 bridgehead atoms. The number of benzene rings is 2. The normalized spacial score (nSPS) is 11.2. The SMILES string of the molecule is CSc1ccc(CNC(=O)CCCn2nc(C)c3nn(-c4ccccc4)c(-n4cccc4)c3c2=O)cc1. The van der Waals surface area contributed by atoms with Gasteiger partial charge in [-0.25, -0.2) is 9.36 Å². The van der Waals surface area contributed by atoms with Gasteiger partial charge in [-0.3, -0.25) is 9.59 Å². The summed E-state index contributed by atoms with van der Waals surface area (Å²) in [7, 11) is 0. The van der Waals surface area contributed by atoms with E-state index in [1.807, 2.05) is 96.9 Å². The molecule has 9 heteroatoms. The Bertz CT molecular complexity index is 1570. The van der Waals surface area contributed by atoms with Crippen LogP contribution in [-0.2, 0) is 17.9 Å². The van der Waals surface area contributed by atoms with Gasteiger partial charge in [0.25, 0.3) is 5.56 Å². The van der Waals surface area contributed by atoms with Crippen LogP contribution in [0.2, 0.25) is 0 Å². The van der Waals surface area contributed by atoms with Gasteiger partial charge in [0.05, 0.1) is 11.4 Å². The van der Waals surface area contributed by atoms with Crippen LogP contribution in [0.4, 0.5) is 0 Å². The summed E-state index contributed by atoms with van der Waals surface area (Å²) >= 11 is 1.69. The summed E-state index contributed by atoms with van der Waals surface area (Å²) in [4.78, 5) is 27.2. The molecule has 3 aromatic heterocycles. The van der Waals surface area contributed by atoms with Gasteiger partial charge in [-0.05, 0) is 61.6 Å². The molecule has 37 heavy (non-hydrogen) atoms. The first kappa shape index (κ1) is 24.6. The summed E-state index contributed by atoms with van der Waals surface area (Å²) in [5, 5.41) is 12.8. The van der Waals surface area contributed by atoms with Crippen molar-refractivity contribution >= 4 is 28.6 Å². The molecule has 188 valence electrons. The Balaban J connectivity index is 1.36. The summed E-state index contributed by atoms with van der Waals surface area (Å²) in [6, 6.07) is 21.7. The summed E-state index contributed by atoms with van der Waals surface area (Å²) in [6.45, 7) is 2.68. The number of rotatable bonds is 9. The molecule has 5 aromatic rings. The van der Waals surface area contributed by atoms with Crippen molar-refractivity contribution < 1.29 is 4.79 Å². The lowest BCUT2D eigenvalue weighted by Crippen LogP contribution is -2.26. The van der Waals surface area contributed by atoms with Crippen molar-refractivity contribution in [3.05, 3.63) is 101 Å². The fourth-order valence-electron chi connectivity index (χ4n) is 4.30. The Kier molecular flexibility index (Phi) is 7.23. The Morgan fingerprint density at radius 1 is 0.973 bits per heavy atom. The molecule has 0 atom stereocenters. The highest BCUT2D eigenvalue weighted by Crippen LogP contribution is 2.24. The quantitative estimate of drug-likeness (QED) is 0.294. The molecule has 0 saturated heterocycles. The summed E-state index contributed by atoms with van der Waals surface area (Å²) in [5.74, 6) is 0.616. The third-order valence-corrected chi connectivity index (χ3v) is 6.94. The van der Waals surface area contributed by atoms with Gasteiger partial charge in [-0.15, -0.1) is 11.8 Å². The number of carbonyl (C=O) groups excluding carboxylic acids is 1. The molecule has 8 nitrogen and oxygen atoms in total. The third kappa shape index (κ3) is 5.22. The van der Waals surface area contributed by atoms with Crippen molar-refractivity contribution in [2.24, 2.45) is 0 Å². The molecule has 2 aromatic carbocycles. The van der Waals surface area contributed by atoms with Gasteiger partial charge in [0.15, 0.2) is 5.82 Å². The average Bonchev–Trinajstić information content (AvgIpc) is 3.59. The van der Waals surface area contributed by atoms with Crippen LogP contribution in [0.5, 0.6) is 0 Å². The zero-order valence-electron chi connectivity index (χ0n) is 20.8. The van der Waals surface area contributed by atoms with E-state index in [0.29, 0.717) is 48.3 Å². The number of hydrogen-bond donors (Lipinski definition) is 1. The van der Waals surface area contributed by atoms with E-state index in [4.69, 9.17) is 5.10 Å². The molecule has 0 unspecified atom stereocenters. The number of aryl methyl sites for hydroxylation is 2. The highest BCUT2D eigenvalue weighted by molar-refractivity contribution is 7.98. The summed E-state index contributed by atoms with van der Waals surface area (Å²) in [5.41, 5.74) is 2.92. The minimum absolute atomic E-state index is 0.0512. The third-order valence-electron chi connectivity index (χ3n) is 6.20. The van der Waals surface area contributed by atoms with Crippen LogP contribution in [0.25, 0.3) is 22.4 Å². The Labute approximate surface area is 218 Å². The van der Waals surface area contributed by atoms with Crippen LogP contribution < -0.4 is 10.9 Å². The van der Waals surface area contributed by atoms with Crippen molar-refractivity contribution in [3.8, 4) is 11.5 Å². The minimum Gasteiger partial charge on any atom is -0.352 e. The van der Waals surface area contributed by atoms with Crippen molar-refractivity contribution in [2.75, 3.05) is 6.26 Å². The highest BCUT2D eigenvalue weighted by Gasteiger charge is 2.21. The molecule has 0 aliphatic carbocycles. The molecular formula is C28H28N6O2S. The standard InChI is InChI=1S/C28H28N6O2S/c1-20-26-25(27(32-16-6-7-17-32)34(31-26)22-9-4-3-5-10-22)28(36)33(30-20)18-8-11-24(35)29-19-21-12-14-23(37-2)15-13-21/h3-7,9-10,12-17H,8,11,18-19H2,1-2H3,(H,29,35). The Morgan fingerprint density at radius 3 is 2.41 bits per heavy atom. The topological polar surface area (TPSA) is 86.7 Å². The predicted octanol–water partition coefficient (Wildman–Crippen LogP) is 4.50. The van der Waals surface area contributed by atoms with Gasteiger partial charge in [0.2, 0.25) is 5.91 Å². The van der Waals surface area contributed by atoms with E-state index < -0.39 is 0 Å². The van der Waals surface area contributed by atoms with Gasteiger partial charge in [0.1, 0.15) is 10.9 Å². The van der Waals surface area contributed by atoms with Crippen molar-refractivity contribution in [1.29, 1.82) is 0 Å². The monoisotopic (exact) mass is 512 g/mol. The average molecular weight is 513 g/mol. The predicted molar refractivity (Wildman–Crippen MR) is 146 cm³/mol. The lowest BCUT2D eigenvalue weighted by atomic mass is 10.2. The maximum absolute atomic E-state index is 13.6. The number of nitrogens with one attached hydrogen (secondary N) is 1. The fraction of sp³-hybridized carbons (Fsp3) is 0.214. The van der Waals surface area contributed by atoms with Crippen LogP contribution in [0, 0.1) is 6.92 Å². The van der Waals surface area contributed by atoms with E-state index >= 15 is 0 Å². The maximum atomic E-state index is 13.6. The molecule has 0 fully saturated rings. The van der Waals surface area contributed by atoms with Gasteiger partial charge in [-0.1, -0.05) is 30.3 Å². The number of carbonyl (C=O) groups is 1. The number of nitrogens with zero attached hydrogens (tertiary/aromatic N) is 5. The van der Waals surface area contributed by atoms with Gasteiger partial charge in [-0.2, -0.15) is 10.2 Å². The van der Waals surface area contributed by atoms with Crippen molar-refractivity contribution in [1.82, 2.24) is 29.4 Å². The molecule has 5 rings (SSSR count). The van der Waals surface area contributed by atoms with E-state index in [0.717, 1.165) is 11.3 Å². The second-order valence-corrected chi connectivity index (χ2v) is 9.61.